The van der Waals surface area contributed by atoms with Crippen molar-refractivity contribution in [3.05, 3.63) is 59.7 Å². The molecule has 1 heterocycles. The second-order valence-electron chi connectivity index (χ2n) is 6.25. The minimum atomic E-state index is -0.0592. The highest BCUT2D eigenvalue weighted by atomic mass is 32.2. The summed E-state index contributed by atoms with van der Waals surface area (Å²) in [4.78, 5) is 16.1. The number of methoxy groups -OCH3 is 1. The first-order chi connectivity index (χ1) is 12.2. The zero-order valence-corrected chi connectivity index (χ0v) is 15.5. The standard InChI is InChI=1S/C20H24N2O2S/c1-24-19-12-17(25-2)8-9-18(19)20(23)21-16-10-11-22(14-16)13-15-6-4-3-5-7-15/h3-9,12,16H,10-11,13-14H2,1-2H3,(H,21,23). The fourth-order valence-corrected chi connectivity index (χ4v) is 3.61. The number of thioether (sulfide) groups is 1. The lowest BCUT2D eigenvalue weighted by molar-refractivity contribution is 0.0934. The van der Waals surface area contributed by atoms with Crippen LogP contribution in [0.3, 0.4) is 0 Å². The Kier molecular flexibility index (Phi) is 6.00. The summed E-state index contributed by atoms with van der Waals surface area (Å²) in [5, 5.41) is 3.16. The molecule has 0 bridgehead atoms. The van der Waals surface area contributed by atoms with Gasteiger partial charge in [0.2, 0.25) is 0 Å². The lowest BCUT2D eigenvalue weighted by atomic mass is 10.1. The van der Waals surface area contributed by atoms with E-state index in [9.17, 15) is 4.79 Å². The Morgan fingerprint density at radius 1 is 1.28 bits per heavy atom. The molecule has 0 radical (unpaired) electrons. The van der Waals surface area contributed by atoms with Gasteiger partial charge in [-0.2, -0.15) is 0 Å². The van der Waals surface area contributed by atoms with Gasteiger partial charge in [-0.15, -0.1) is 11.8 Å². The summed E-state index contributed by atoms with van der Waals surface area (Å²) in [6, 6.07) is 16.3. The predicted octanol–water partition coefficient (Wildman–Crippen LogP) is 3.42. The van der Waals surface area contributed by atoms with Gasteiger partial charge in [-0.25, -0.2) is 0 Å². The van der Waals surface area contributed by atoms with Gasteiger partial charge in [-0.1, -0.05) is 30.3 Å². The summed E-state index contributed by atoms with van der Waals surface area (Å²) < 4.78 is 5.39. The monoisotopic (exact) mass is 356 g/mol. The minimum Gasteiger partial charge on any atom is -0.496 e. The number of likely N-dealkylation sites (tertiary alicyclic amines) is 1. The minimum absolute atomic E-state index is 0.0592. The highest BCUT2D eigenvalue weighted by molar-refractivity contribution is 7.98. The second kappa shape index (κ2) is 8.41. The SMILES string of the molecule is COc1cc(SC)ccc1C(=O)NC1CCN(Cc2ccccc2)C1. The Balaban J connectivity index is 1.59. The summed E-state index contributed by atoms with van der Waals surface area (Å²) in [5.74, 6) is 0.569. The number of carbonyl (C=O) groups is 1. The van der Waals surface area contributed by atoms with E-state index in [1.54, 1.807) is 18.9 Å². The van der Waals surface area contributed by atoms with Crippen molar-refractivity contribution in [3.8, 4) is 5.75 Å². The maximum atomic E-state index is 12.6. The fourth-order valence-electron chi connectivity index (χ4n) is 3.18. The zero-order valence-electron chi connectivity index (χ0n) is 14.7. The molecule has 0 aromatic heterocycles. The third kappa shape index (κ3) is 4.55. The van der Waals surface area contributed by atoms with E-state index in [2.05, 4.69) is 34.5 Å². The molecule has 1 unspecified atom stereocenters. The number of benzene rings is 2. The van der Waals surface area contributed by atoms with Gasteiger partial charge in [0, 0.05) is 30.6 Å². The van der Waals surface area contributed by atoms with Crippen LogP contribution in [0.25, 0.3) is 0 Å². The van der Waals surface area contributed by atoms with Crippen LogP contribution in [-0.4, -0.2) is 43.3 Å². The highest BCUT2D eigenvalue weighted by Gasteiger charge is 2.25. The predicted molar refractivity (Wildman–Crippen MR) is 102 cm³/mol. The Bertz CT molecular complexity index is 721. The molecular weight excluding hydrogens is 332 g/mol. The molecule has 2 aromatic carbocycles. The maximum absolute atomic E-state index is 12.6. The summed E-state index contributed by atoms with van der Waals surface area (Å²) in [6.45, 7) is 2.81. The van der Waals surface area contributed by atoms with Crippen molar-refractivity contribution in [2.45, 2.75) is 23.9 Å². The Morgan fingerprint density at radius 3 is 2.80 bits per heavy atom. The number of amides is 1. The average molecular weight is 356 g/mol. The van der Waals surface area contributed by atoms with Crippen molar-refractivity contribution < 1.29 is 9.53 Å². The summed E-state index contributed by atoms with van der Waals surface area (Å²) in [7, 11) is 1.60. The average Bonchev–Trinajstić information content (AvgIpc) is 3.08. The smallest absolute Gasteiger partial charge is 0.255 e. The second-order valence-corrected chi connectivity index (χ2v) is 7.13. The molecule has 5 heteroatoms. The van der Waals surface area contributed by atoms with Gasteiger partial charge in [-0.3, -0.25) is 9.69 Å². The largest absolute Gasteiger partial charge is 0.496 e. The molecule has 1 saturated heterocycles. The molecule has 0 spiro atoms. The lowest BCUT2D eigenvalue weighted by Gasteiger charge is -2.17. The number of nitrogens with one attached hydrogen (secondary N) is 1. The van der Waals surface area contributed by atoms with Gasteiger partial charge in [0.25, 0.3) is 5.91 Å². The van der Waals surface area contributed by atoms with Gasteiger partial charge in [0.15, 0.2) is 0 Å². The number of ether oxygens (including phenoxy) is 1. The number of hydrogen-bond donors (Lipinski definition) is 1. The maximum Gasteiger partial charge on any atom is 0.255 e. The van der Waals surface area contributed by atoms with Crippen LogP contribution in [0.1, 0.15) is 22.3 Å². The van der Waals surface area contributed by atoms with E-state index in [1.165, 1.54) is 5.56 Å². The van der Waals surface area contributed by atoms with Gasteiger partial charge in [0.05, 0.1) is 12.7 Å². The number of hydrogen-bond acceptors (Lipinski definition) is 4. The molecule has 1 fully saturated rings. The van der Waals surface area contributed by atoms with Crippen LogP contribution < -0.4 is 10.1 Å². The molecule has 1 aliphatic rings. The van der Waals surface area contributed by atoms with Crippen LogP contribution in [-0.2, 0) is 6.54 Å². The summed E-state index contributed by atoms with van der Waals surface area (Å²) in [5.41, 5.74) is 1.91. The highest BCUT2D eigenvalue weighted by Crippen LogP contribution is 2.25. The number of nitrogens with zero attached hydrogens (tertiary/aromatic N) is 1. The third-order valence-electron chi connectivity index (χ3n) is 4.51. The first kappa shape index (κ1) is 17.8. The topological polar surface area (TPSA) is 41.6 Å². The molecule has 2 aromatic rings. The Morgan fingerprint density at radius 2 is 2.08 bits per heavy atom. The lowest BCUT2D eigenvalue weighted by Crippen LogP contribution is -2.37. The van der Waals surface area contributed by atoms with E-state index in [-0.39, 0.29) is 11.9 Å². The van der Waals surface area contributed by atoms with Crippen molar-refractivity contribution in [1.29, 1.82) is 0 Å². The number of rotatable bonds is 6. The van der Waals surface area contributed by atoms with Gasteiger partial charge in [-0.05, 0) is 36.4 Å². The first-order valence-corrected chi connectivity index (χ1v) is 9.71. The molecule has 132 valence electrons. The van der Waals surface area contributed by atoms with Gasteiger partial charge in [0.1, 0.15) is 5.75 Å². The van der Waals surface area contributed by atoms with Crippen molar-refractivity contribution in [3.63, 3.8) is 0 Å². The zero-order chi connectivity index (χ0) is 17.6. The molecule has 0 saturated carbocycles. The molecule has 4 nitrogen and oxygen atoms in total. The first-order valence-electron chi connectivity index (χ1n) is 8.48. The van der Waals surface area contributed by atoms with E-state index in [4.69, 9.17) is 4.74 Å². The summed E-state index contributed by atoms with van der Waals surface area (Å²) in [6.07, 6.45) is 2.98. The van der Waals surface area contributed by atoms with Crippen LogP contribution >= 0.6 is 11.8 Å². The molecule has 1 aliphatic heterocycles. The third-order valence-corrected chi connectivity index (χ3v) is 5.24. The molecule has 3 rings (SSSR count). The van der Waals surface area contributed by atoms with Crippen LogP contribution in [0.5, 0.6) is 5.75 Å². The number of carbonyl (C=O) groups excluding carboxylic acids is 1. The molecule has 1 amide bonds. The Labute approximate surface area is 153 Å². The van der Waals surface area contributed by atoms with Crippen molar-refractivity contribution >= 4 is 17.7 Å². The van der Waals surface area contributed by atoms with E-state index >= 15 is 0 Å². The van der Waals surface area contributed by atoms with Crippen molar-refractivity contribution in [1.82, 2.24) is 10.2 Å². The molecule has 25 heavy (non-hydrogen) atoms. The van der Waals surface area contributed by atoms with Crippen LogP contribution in [0.2, 0.25) is 0 Å². The van der Waals surface area contributed by atoms with Crippen LogP contribution in [0, 0.1) is 0 Å². The fraction of sp³-hybridized carbons (Fsp3) is 0.350. The quantitative estimate of drug-likeness (QED) is 0.805. The van der Waals surface area contributed by atoms with Crippen LogP contribution in [0.4, 0.5) is 0 Å². The van der Waals surface area contributed by atoms with Gasteiger partial charge < -0.3 is 10.1 Å². The van der Waals surface area contributed by atoms with Gasteiger partial charge >= 0.3 is 0 Å². The summed E-state index contributed by atoms with van der Waals surface area (Å²) >= 11 is 1.63. The normalized spacial score (nSPS) is 17.4. The molecule has 1 N–H and O–H groups in total. The molecule has 0 aliphatic carbocycles. The van der Waals surface area contributed by atoms with Crippen molar-refractivity contribution in [2.24, 2.45) is 0 Å². The van der Waals surface area contributed by atoms with Crippen molar-refractivity contribution in [2.75, 3.05) is 26.5 Å². The molecule has 1 atom stereocenters. The van der Waals surface area contributed by atoms with E-state index in [0.717, 1.165) is 31.0 Å². The van der Waals surface area contributed by atoms with E-state index in [1.807, 2.05) is 30.5 Å². The van der Waals surface area contributed by atoms with E-state index in [0.29, 0.717) is 11.3 Å². The van der Waals surface area contributed by atoms with Crippen LogP contribution in [0.15, 0.2) is 53.4 Å². The Hall–Kier alpha value is -1.98. The molecular formula is C20H24N2O2S. The van der Waals surface area contributed by atoms with E-state index < -0.39 is 0 Å².